The van der Waals surface area contributed by atoms with Crippen LogP contribution in [0.3, 0.4) is 0 Å². The van der Waals surface area contributed by atoms with Crippen molar-refractivity contribution in [2.24, 2.45) is 5.84 Å². The Labute approximate surface area is 105 Å². The molecule has 98 valence electrons. The molecule has 1 aliphatic heterocycles. The largest absolute Gasteiger partial charge is 0.375 e. The molecule has 0 bridgehead atoms. The minimum absolute atomic E-state index is 0.0443. The molecule has 18 heavy (non-hydrogen) atoms. The van der Waals surface area contributed by atoms with E-state index in [4.69, 9.17) is 10.6 Å². The minimum Gasteiger partial charge on any atom is -0.375 e. The maximum atomic E-state index is 12.3. The van der Waals surface area contributed by atoms with Gasteiger partial charge in [-0.05, 0) is 13.8 Å². The van der Waals surface area contributed by atoms with Crippen molar-refractivity contribution >= 4 is 11.7 Å². The van der Waals surface area contributed by atoms with Crippen molar-refractivity contribution in [3.63, 3.8) is 0 Å². The Morgan fingerprint density at radius 3 is 2.89 bits per heavy atom. The summed E-state index contributed by atoms with van der Waals surface area (Å²) in [5.41, 5.74) is 2.68. The third-order valence-corrected chi connectivity index (χ3v) is 2.89. The zero-order valence-electron chi connectivity index (χ0n) is 10.5. The Morgan fingerprint density at radius 1 is 1.50 bits per heavy atom. The van der Waals surface area contributed by atoms with Gasteiger partial charge in [0.05, 0.1) is 31.1 Å². The highest BCUT2D eigenvalue weighted by Gasteiger charge is 2.28. The maximum Gasteiger partial charge on any atom is 0.274 e. The van der Waals surface area contributed by atoms with Gasteiger partial charge in [-0.1, -0.05) is 0 Å². The molecule has 0 saturated carbocycles. The normalized spacial score (nSPS) is 23.8. The van der Waals surface area contributed by atoms with Crippen LogP contribution in [0.2, 0.25) is 0 Å². The number of hydrogen-bond acceptors (Lipinski definition) is 6. The van der Waals surface area contributed by atoms with Crippen molar-refractivity contribution in [2.45, 2.75) is 26.0 Å². The van der Waals surface area contributed by atoms with E-state index in [9.17, 15) is 4.79 Å². The molecular weight excluding hydrogens is 234 g/mol. The molecule has 0 spiro atoms. The van der Waals surface area contributed by atoms with E-state index < -0.39 is 0 Å². The Hall–Kier alpha value is -1.73. The van der Waals surface area contributed by atoms with Gasteiger partial charge < -0.3 is 15.1 Å². The van der Waals surface area contributed by atoms with E-state index in [2.05, 4.69) is 15.4 Å². The molecule has 1 aromatic heterocycles. The first-order valence-corrected chi connectivity index (χ1v) is 5.83. The Balaban J connectivity index is 2.13. The summed E-state index contributed by atoms with van der Waals surface area (Å²) in [6.45, 7) is 5.01. The van der Waals surface area contributed by atoms with Crippen LogP contribution in [-0.4, -0.2) is 46.1 Å². The van der Waals surface area contributed by atoms with E-state index in [-0.39, 0.29) is 18.1 Å². The lowest BCUT2D eigenvalue weighted by Gasteiger charge is -2.36. The first-order chi connectivity index (χ1) is 8.61. The van der Waals surface area contributed by atoms with Gasteiger partial charge in [0, 0.05) is 6.54 Å². The molecular formula is C11H17N5O2. The molecule has 1 fully saturated rings. The summed E-state index contributed by atoms with van der Waals surface area (Å²) >= 11 is 0. The molecule has 1 aliphatic rings. The minimum atomic E-state index is -0.131. The van der Waals surface area contributed by atoms with Gasteiger partial charge in [-0.3, -0.25) is 4.79 Å². The molecule has 0 radical (unpaired) electrons. The van der Waals surface area contributed by atoms with E-state index in [0.717, 1.165) is 0 Å². The number of amides is 1. The molecule has 2 heterocycles. The quantitative estimate of drug-likeness (QED) is 0.568. The lowest BCUT2D eigenvalue weighted by molar-refractivity contribution is -0.0389. The molecule has 2 unspecified atom stereocenters. The fraction of sp³-hybridized carbons (Fsp3) is 0.545. The monoisotopic (exact) mass is 251 g/mol. The number of nitrogens with zero attached hydrogens (tertiary/aromatic N) is 3. The highest BCUT2D eigenvalue weighted by atomic mass is 16.5. The number of morpholine rings is 1. The van der Waals surface area contributed by atoms with E-state index in [1.807, 2.05) is 13.8 Å². The number of aromatic nitrogens is 2. The number of carbonyl (C=O) groups excluding carboxylic acids is 1. The highest BCUT2D eigenvalue weighted by Crippen LogP contribution is 2.14. The van der Waals surface area contributed by atoms with E-state index >= 15 is 0 Å². The van der Waals surface area contributed by atoms with Crippen LogP contribution in [0, 0.1) is 0 Å². The van der Waals surface area contributed by atoms with Gasteiger partial charge in [0.1, 0.15) is 5.69 Å². The van der Waals surface area contributed by atoms with Crippen LogP contribution < -0.4 is 11.3 Å². The third-order valence-electron chi connectivity index (χ3n) is 2.89. The number of rotatable bonds is 2. The summed E-state index contributed by atoms with van der Waals surface area (Å²) in [5, 5.41) is 0. The van der Waals surface area contributed by atoms with Crippen LogP contribution >= 0.6 is 0 Å². The van der Waals surface area contributed by atoms with Crippen molar-refractivity contribution < 1.29 is 9.53 Å². The predicted molar refractivity (Wildman–Crippen MR) is 65.8 cm³/mol. The highest BCUT2D eigenvalue weighted by molar-refractivity contribution is 5.92. The predicted octanol–water partition coefficient (Wildman–Crippen LogP) is 0.0116. The van der Waals surface area contributed by atoms with Gasteiger partial charge in [0.15, 0.2) is 5.82 Å². The van der Waals surface area contributed by atoms with Crippen LogP contribution in [-0.2, 0) is 4.74 Å². The van der Waals surface area contributed by atoms with Crippen molar-refractivity contribution in [2.75, 3.05) is 18.6 Å². The Bertz CT molecular complexity index is 422. The van der Waals surface area contributed by atoms with Gasteiger partial charge in [0.25, 0.3) is 5.91 Å². The molecule has 1 amide bonds. The summed E-state index contributed by atoms with van der Waals surface area (Å²) in [4.78, 5) is 22.1. The number of nitrogens with two attached hydrogens (primary N) is 1. The first-order valence-electron chi connectivity index (χ1n) is 5.83. The zero-order chi connectivity index (χ0) is 13.1. The van der Waals surface area contributed by atoms with Crippen molar-refractivity contribution in [3.05, 3.63) is 18.1 Å². The van der Waals surface area contributed by atoms with E-state index in [1.165, 1.54) is 12.4 Å². The molecule has 1 saturated heterocycles. The van der Waals surface area contributed by atoms with Crippen LogP contribution in [0.1, 0.15) is 24.3 Å². The summed E-state index contributed by atoms with van der Waals surface area (Å²) in [5.74, 6) is 5.49. The number of hydrazine groups is 1. The van der Waals surface area contributed by atoms with E-state index in [1.54, 1.807) is 4.90 Å². The number of nitrogens with one attached hydrogen (secondary N) is 1. The standard InChI is InChI=1S/C11H17N5O2/c1-7-6-18-8(2)5-16(7)11(17)9-3-14-10(15-12)4-13-9/h3-4,7-8H,5-6,12H2,1-2H3,(H,14,15). The number of carbonyl (C=O) groups is 1. The lowest BCUT2D eigenvalue weighted by Crippen LogP contribution is -2.50. The summed E-state index contributed by atoms with van der Waals surface area (Å²) in [7, 11) is 0. The van der Waals surface area contributed by atoms with Crippen LogP contribution in [0.15, 0.2) is 12.4 Å². The van der Waals surface area contributed by atoms with Crippen LogP contribution in [0.4, 0.5) is 5.82 Å². The summed E-state index contributed by atoms with van der Waals surface area (Å²) < 4.78 is 5.49. The first kappa shape index (κ1) is 12.7. The Morgan fingerprint density at radius 2 is 2.28 bits per heavy atom. The average molecular weight is 251 g/mol. The molecule has 0 aromatic carbocycles. The fourth-order valence-electron chi connectivity index (χ4n) is 1.85. The fourth-order valence-corrected chi connectivity index (χ4v) is 1.85. The summed E-state index contributed by atoms with van der Waals surface area (Å²) in [6, 6.07) is 0.0443. The van der Waals surface area contributed by atoms with Crippen molar-refractivity contribution in [1.82, 2.24) is 14.9 Å². The van der Waals surface area contributed by atoms with Crippen molar-refractivity contribution in [1.29, 1.82) is 0 Å². The Kier molecular flexibility index (Phi) is 3.73. The molecule has 2 rings (SSSR count). The molecule has 1 aromatic rings. The molecule has 3 N–H and O–H groups in total. The topological polar surface area (TPSA) is 93.4 Å². The summed E-state index contributed by atoms with van der Waals surface area (Å²) in [6.07, 6.45) is 2.90. The number of anilines is 1. The zero-order valence-corrected chi connectivity index (χ0v) is 10.5. The van der Waals surface area contributed by atoms with Gasteiger partial charge >= 0.3 is 0 Å². The number of nitrogen functional groups attached to an aromatic ring is 1. The average Bonchev–Trinajstić information content (AvgIpc) is 2.41. The lowest BCUT2D eigenvalue weighted by atomic mass is 10.2. The third kappa shape index (κ3) is 2.57. The van der Waals surface area contributed by atoms with E-state index in [0.29, 0.717) is 24.7 Å². The number of ether oxygens (including phenoxy) is 1. The molecule has 7 nitrogen and oxygen atoms in total. The van der Waals surface area contributed by atoms with Gasteiger partial charge in [-0.25, -0.2) is 15.8 Å². The molecule has 7 heteroatoms. The second-order valence-electron chi connectivity index (χ2n) is 4.38. The molecule has 0 aliphatic carbocycles. The smallest absolute Gasteiger partial charge is 0.274 e. The van der Waals surface area contributed by atoms with Crippen molar-refractivity contribution in [3.8, 4) is 0 Å². The second-order valence-corrected chi connectivity index (χ2v) is 4.38. The molecule has 2 atom stereocenters. The maximum absolute atomic E-state index is 12.3. The number of hydrogen-bond donors (Lipinski definition) is 2. The van der Waals surface area contributed by atoms with Gasteiger partial charge in [-0.15, -0.1) is 0 Å². The van der Waals surface area contributed by atoms with Crippen LogP contribution in [0.5, 0.6) is 0 Å². The van der Waals surface area contributed by atoms with Gasteiger partial charge in [0.2, 0.25) is 0 Å². The SMILES string of the molecule is CC1CN(C(=O)c2cnc(NN)cn2)C(C)CO1. The second kappa shape index (κ2) is 5.28. The van der Waals surface area contributed by atoms with Crippen LogP contribution in [0.25, 0.3) is 0 Å². The van der Waals surface area contributed by atoms with Gasteiger partial charge in [-0.2, -0.15) is 0 Å².